The minimum absolute atomic E-state index is 0.100. The van der Waals surface area contributed by atoms with Crippen molar-refractivity contribution in [2.75, 3.05) is 20.3 Å². The zero-order valence-corrected chi connectivity index (χ0v) is 10.6. The summed E-state index contributed by atoms with van der Waals surface area (Å²) in [6.07, 6.45) is 3.64. The molecule has 0 aromatic rings. The Balaban J connectivity index is 2.26. The van der Waals surface area contributed by atoms with Crippen LogP contribution in [0.1, 0.15) is 33.1 Å². The average molecular weight is 228 g/mol. The SMILES string of the molecule is COCC(N)C(=O)NCC1(CC(C)C)CC1. The van der Waals surface area contributed by atoms with Gasteiger partial charge in [-0.25, -0.2) is 0 Å². The number of hydrogen-bond donors (Lipinski definition) is 2. The third kappa shape index (κ3) is 4.10. The number of nitrogens with two attached hydrogens (primary N) is 1. The topological polar surface area (TPSA) is 64.3 Å². The van der Waals surface area contributed by atoms with E-state index in [1.807, 2.05) is 0 Å². The summed E-state index contributed by atoms with van der Waals surface area (Å²) >= 11 is 0. The molecule has 0 bridgehead atoms. The van der Waals surface area contributed by atoms with Crippen LogP contribution in [0.4, 0.5) is 0 Å². The molecule has 1 rings (SSSR count). The van der Waals surface area contributed by atoms with Crippen molar-refractivity contribution in [3.63, 3.8) is 0 Å². The molecule has 0 saturated heterocycles. The number of methoxy groups -OCH3 is 1. The molecule has 16 heavy (non-hydrogen) atoms. The summed E-state index contributed by atoms with van der Waals surface area (Å²) in [6.45, 7) is 5.49. The molecule has 0 aliphatic heterocycles. The zero-order valence-electron chi connectivity index (χ0n) is 10.6. The molecule has 0 radical (unpaired) electrons. The molecular formula is C12H24N2O2. The lowest BCUT2D eigenvalue weighted by atomic mass is 9.94. The van der Waals surface area contributed by atoms with Gasteiger partial charge in [0.1, 0.15) is 6.04 Å². The van der Waals surface area contributed by atoms with Crippen LogP contribution in [0.15, 0.2) is 0 Å². The number of hydrogen-bond acceptors (Lipinski definition) is 3. The van der Waals surface area contributed by atoms with Crippen LogP contribution in [0.25, 0.3) is 0 Å². The van der Waals surface area contributed by atoms with E-state index in [-0.39, 0.29) is 12.5 Å². The maximum atomic E-state index is 11.6. The summed E-state index contributed by atoms with van der Waals surface area (Å²) in [6, 6.07) is -0.542. The Morgan fingerprint density at radius 1 is 1.50 bits per heavy atom. The van der Waals surface area contributed by atoms with Gasteiger partial charge in [-0.05, 0) is 30.6 Å². The van der Waals surface area contributed by atoms with Crippen molar-refractivity contribution in [2.24, 2.45) is 17.1 Å². The predicted octanol–water partition coefficient (Wildman–Crippen LogP) is 0.903. The minimum Gasteiger partial charge on any atom is -0.383 e. The van der Waals surface area contributed by atoms with Gasteiger partial charge < -0.3 is 15.8 Å². The van der Waals surface area contributed by atoms with Crippen LogP contribution < -0.4 is 11.1 Å². The monoisotopic (exact) mass is 228 g/mol. The van der Waals surface area contributed by atoms with Gasteiger partial charge in [-0.15, -0.1) is 0 Å². The maximum absolute atomic E-state index is 11.6. The molecule has 0 spiro atoms. The van der Waals surface area contributed by atoms with Gasteiger partial charge in [-0.3, -0.25) is 4.79 Å². The molecule has 0 heterocycles. The molecule has 0 aromatic heterocycles. The Kier molecular flexibility index (Phi) is 4.74. The number of rotatable bonds is 7. The quantitative estimate of drug-likeness (QED) is 0.680. The lowest BCUT2D eigenvalue weighted by molar-refractivity contribution is -0.123. The van der Waals surface area contributed by atoms with Crippen LogP contribution >= 0.6 is 0 Å². The van der Waals surface area contributed by atoms with Gasteiger partial charge in [0.05, 0.1) is 6.61 Å². The van der Waals surface area contributed by atoms with Gasteiger partial charge in [0.25, 0.3) is 0 Å². The lowest BCUT2D eigenvalue weighted by Gasteiger charge is -2.19. The summed E-state index contributed by atoms with van der Waals surface area (Å²) in [4.78, 5) is 11.6. The molecule has 3 N–H and O–H groups in total. The van der Waals surface area contributed by atoms with Crippen molar-refractivity contribution in [3.05, 3.63) is 0 Å². The van der Waals surface area contributed by atoms with E-state index in [2.05, 4.69) is 19.2 Å². The van der Waals surface area contributed by atoms with Crippen LogP contribution in [0.3, 0.4) is 0 Å². The first kappa shape index (κ1) is 13.5. The second-order valence-corrected chi connectivity index (χ2v) is 5.38. The summed E-state index contributed by atoms with van der Waals surface area (Å²) < 4.78 is 4.85. The molecule has 1 fully saturated rings. The van der Waals surface area contributed by atoms with E-state index in [9.17, 15) is 4.79 Å². The molecular weight excluding hydrogens is 204 g/mol. The van der Waals surface area contributed by atoms with E-state index in [1.54, 1.807) is 7.11 Å². The second-order valence-electron chi connectivity index (χ2n) is 5.38. The zero-order chi connectivity index (χ0) is 12.2. The Morgan fingerprint density at radius 3 is 2.56 bits per heavy atom. The maximum Gasteiger partial charge on any atom is 0.239 e. The lowest BCUT2D eigenvalue weighted by Crippen LogP contribution is -2.45. The number of nitrogens with one attached hydrogen (secondary N) is 1. The Bertz CT molecular complexity index is 237. The normalized spacial score (nSPS) is 19.6. The van der Waals surface area contributed by atoms with Crippen molar-refractivity contribution >= 4 is 5.91 Å². The smallest absolute Gasteiger partial charge is 0.239 e. The molecule has 4 heteroatoms. The van der Waals surface area contributed by atoms with Gasteiger partial charge >= 0.3 is 0 Å². The summed E-state index contributed by atoms with van der Waals surface area (Å²) in [5, 5.41) is 2.93. The summed E-state index contributed by atoms with van der Waals surface area (Å²) in [5.74, 6) is 0.587. The van der Waals surface area contributed by atoms with E-state index >= 15 is 0 Å². The van der Waals surface area contributed by atoms with Crippen LogP contribution in [0.5, 0.6) is 0 Å². The molecule has 94 valence electrons. The molecule has 1 aliphatic rings. The molecule has 1 saturated carbocycles. The summed E-state index contributed by atoms with van der Waals surface area (Å²) in [5.41, 5.74) is 6.00. The fourth-order valence-corrected chi connectivity index (χ4v) is 2.16. The Hall–Kier alpha value is -0.610. The highest BCUT2D eigenvalue weighted by Crippen LogP contribution is 2.49. The summed E-state index contributed by atoms with van der Waals surface area (Å²) in [7, 11) is 1.55. The van der Waals surface area contributed by atoms with Crippen molar-refractivity contribution in [2.45, 2.75) is 39.2 Å². The fraction of sp³-hybridized carbons (Fsp3) is 0.917. The first-order chi connectivity index (χ1) is 7.49. The number of carbonyl (C=O) groups is 1. The highest BCUT2D eigenvalue weighted by atomic mass is 16.5. The van der Waals surface area contributed by atoms with Crippen molar-refractivity contribution in [1.29, 1.82) is 0 Å². The van der Waals surface area contributed by atoms with Crippen LogP contribution in [-0.2, 0) is 9.53 Å². The van der Waals surface area contributed by atoms with Gasteiger partial charge in [-0.1, -0.05) is 13.8 Å². The number of amides is 1. The predicted molar refractivity (Wildman–Crippen MR) is 64.0 cm³/mol. The van der Waals surface area contributed by atoms with Crippen LogP contribution in [0.2, 0.25) is 0 Å². The Labute approximate surface area is 97.9 Å². The highest BCUT2D eigenvalue weighted by Gasteiger charge is 2.42. The molecule has 4 nitrogen and oxygen atoms in total. The molecule has 1 amide bonds. The highest BCUT2D eigenvalue weighted by molar-refractivity contribution is 5.81. The van der Waals surface area contributed by atoms with E-state index < -0.39 is 6.04 Å². The first-order valence-electron chi connectivity index (χ1n) is 6.01. The average Bonchev–Trinajstić information content (AvgIpc) is 2.94. The van der Waals surface area contributed by atoms with Gasteiger partial charge in [-0.2, -0.15) is 0 Å². The van der Waals surface area contributed by atoms with E-state index in [0.717, 1.165) is 6.54 Å². The van der Waals surface area contributed by atoms with Gasteiger partial charge in [0.15, 0.2) is 0 Å². The first-order valence-corrected chi connectivity index (χ1v) is 6.01. The largest absolute Gasteiger partial charge is 0.383 e. The Morgan fingerprint density at radius 2 is 2.12 bits per heavy atom. The fourth-order valence-electron chi connectivity index (χ4n) is 2.16. The van der Waals surface area contributed by atoms with Crippen molar-refractivity contribution in [1.82, 2.24) is 5.32 Å². The molecule has 0 aromatic carbocycles. The molecule has 1 unspecified atom stereocenters. The van der Waals surface area contributed by atoms with E-state index in [4.69, 9.17) is 10.5 Å². The van der Waals surface area contributed by atoms with E-state index in [0.29, 0.717) is 11.3 Å². The van der Waals surface area contributed by atoms with E-state index in [1.165, 1.54) is 19.3 Å². The van der Waals surface area contributed by atoms with Gasteiger partial charge in [0.2, 0.25) is 5.91 Å². The number of ether oxygens (including phenoxy) is 1. The second kappa shape index (κ2) is 5.64. The number of carbonyl (C=O) groups excluding carboxylic acids is 1. The van der Waals surface area contributed by atoms with Crippen molar-refractivity contribution in [3.8, 4) is 0 Å². The molecule has 1 aliphatic carbocycles. The van der Waals surface area contributed by atoms with Gasteiger partial charge in [0, 0.05) is 13.7 Å². The van der Waals surface area contributed by atoms with Crippen LogP contribution in [-0.4, -0.2) is 32.2 Å². The standard InChI is InChI=1S/C12H24N2O2/c1-9(2)6-12(4-5-12)8-14-11(15)10(13)7-16-3/h9-10H,4-8,13H2,1-3H3,(H,14,15). The van der Waals surface area contributed by atoms with Crippen molar-refractivity contribution < 1.29 is 9.53 Å². The third-order valence-electron chi connectivity index (χ3n) is 3.12. The minimum atomic E-state index is -0.542. The third-order valence-corrected chi connectivity index (χ3v) is 3.12. The molecule has 1 atom stereocenters. The van der Waals surface area contributed by atoms with Crippen LogP contribution in [0, 0.1) is 11.3 Å².